The summed E-state index contributed by atoms with van der Waals surface area (Å²) >= 11 is 0. The molecule has 0 aliphatic heterocycles. The van der Waals surface area contributed by atoms with Crippen LogP contribution in [-0.4, -0.2) is 12.6 Å². The van der Waals surface area contributed by atoms with Crippen LogP contribution in [0.3, 0.4) is 0 Å². The van der Waals surface area contributed by atoms with Crippen LogP contribution in [0, 0.1) is 17.3 Å². The summed E-state index contributed by atoms with van der Waals surface area (Å²) in [6.45, 7) is 6.14. The number of allylic oxidation sites excluding steroid dienone is 2. The molecule has 0 spiro atoms. The number of hydrogen-bond donors (Lipinski definition) is 0. The number of hydrogen-bond acceptors (Lipinski definition) is 2. The summed E-state index contributed by atoms with van der Waals surface area (Å²) in [4.78, 5) is 21.8. The summed E-state index contributed by atoms with van der Waals surface area (Å²) < 4.78 is 0. The number of rotatable bonds is 3. The first-order chi connectivity index (χ1) is 6.53. The molecular formula is C12H18O2. The molecule has 0 radical (unpaired) electrons. The molecule has 0 aromatic rings. The molecule has 2 unspecified atom stereocenters. The molecular weight excluding hydrogens is 176 g/mol. The van der Waals surface area contributed by atoms with Gasteiger partial charge >= 0.3 is 0 Å². The first-order valence-corrected chi connectivity index (χ1v) is 5.17. The van der Waals surface area contributed by atoms with Crippen molar-refractivity contribution in [2.24, 2.45) is 17.3 Å². The Morgan fingerprint density at radius 2 is 2.14 bits per heavy atom. The molecule has 14 heavy (non-hydrogen) atoms. The van der Waals surface area contributed by atoms with E-state index in [0.29, 0.717) is 17.4 Å². The van der Waals surface area contributed by atoms with Gasteiger partial charge in [-0.3, -0.25) is 4.79 Å². The van der Waals surface area contributed by atoms with Gasteiger partial charge in [0.1, 0.15) is 12.6 Å². The maximum absolute atomic E-state index is 10.9. The largest absolute Gasteiger partial charge is 0.302 e. The number of aldehydes is 2. The predicted molar refractivity (Wildman–Crippen MR) is 55.9 cm³/mol. The maximum atomic E-state index is 10.9. The first kappa shape index (κ1) is 11.2. The highest BCUT2D eigenvalue weighted by Crippen LogP contribution is 2.38. The Morgan fingerprint density at radius 3 is 2.57 bits per heavy atom. The molecule has 1 aliphatic rings. The van der Waals surface area contributed by atoms with Gasteiger partial charge in [0.2, 0.25) is 0 Å². The van der Waals surface area contributed by atoms with Crippen molar-refractivity contribution in [1.82, 2.24) is 0 Å². The fraction of sp³-hybridized carbons (Fsp3) is 0.667. The molecule has 0 aromatic carbocycles. The van der Waals surface area contributed by atoms with Crippen LogP contribution in [-0.2, 0) is 9.59 Å². The fourth-order valence-corrected chi connectivity index (χ4v) is 1.94. The van der Waals surface area contributed by atoms with Gasteiger partial charge in [0.25, 0.3) is 0 Å². The molecule has 0 fully saturated rings. The lowest BCUT2D eigenvalue weighted by molar-refractivity contribution is -0.117. The zero-order valence-corrected chi connectivity index (χ0v) is 9.12. The smallest absolute Gasteiger partial charge is 0.146 e. The van der Waals surface area contributed by atoms with E-state index in [4.69, 9.17) is 0 Å². The van der Waals surface area contributed by atoms with Crippen LogP contribution >= 0.6 is 0 Å². The van der Waals surface area contributed by atoms with E-state index in [1.807, 2.05) is 13.0 Å². The highest BCUT2D eigenvalue weighted by molar-refractivity contribution is 5.84. The number of carbonyl (C=O) groups is 2. The van der Waals surface area contributed by atoms with Crippen LogP contribution in [0.25, 0.3) is 0 Å². The molecule has 0 amide bonds. The third-order valence-corrected chi connectivity index (χ3v) is 3.29. The molecule has 2 nitrogen and oxygen atoms in total. The molecule has 1 rings (SSSR count). The summed E-state index contributed by atoms with van der Waals surface area (Å²) in [7, 11) is 0. The summed E-state index contributed by atoms with van der Waals surface area (Å²) in [5, 5.41) is 0. The van der Waals surface area contributed by atoms with Crippen molar-refractivity contribution in [3.8, 4) is 0 Å². The van der Waals surface area contributed by atoms with Crippen molar-refractivity contribution in [3.05, 3.63) is 11.6 Å². The lowest BCUT2D eigenvalue weighted by atomic mass is 9.70. The molecule has 2 heteroatoms. The van der Waals surface area contributed by atoms with E-state index in [9.17, 15) is 9.59 Å². The van der Waals surface area contributed by atoms with Crippen LogP contribution in [0.2, 0.25) is 0 Å². The lowest BCUT2D eigenvalue weighted by Crippen LogP contribution is -2.29. The van der Waals surface area contributed by atoms with Gasteiger partial charge in [0.05, 0.1) is 5.41 Å². The Balaban J connectivity index is 2.96. The minimum absolute atomic E-state index is 0.447. The third-order valence-electron chi connectivity index (χ3n) is 3.29. The van der Waals surface area contributed by atoms with Gasteiger partial charge in [-0.15, -0.1) is 0 Å². The molecule has 0 aromatic heterocycles. The van der Waals surface area contributed by atoms with Gasteiger partial charge in [-0.25, -0.2) is 0 Å². The van der Waals surface area contributed by atoms with Crippen LogP contribution in [0.15, 0.2) is 11.6 Å². The van der Waals surface area contributed by atoms with E-state index in [1.165, 1.54) is 0 Å². The van der Waals surface area contributed by atoms with Gasteiger partial charge in [0.15, 0.2) is 0 Å². The summed E-state index contributed by atoms with van der Waals surface area (Å²) in [6, 6.07) is 0. The van der Waals surface area contributed by atoms with E-state index in [2.05, 4.69) is 13.8 Å². The van der Waals surface area contributed by atoms with Crippen molar-refractivity contribution in [2.75, 3.05) is 0 Å². The van der Waals surface area contributed by atoms with Crippen molar-refractivity contribution in [2.45, 2.75) is 33.6 Å². The minimum atomic E-state index is -0.535. The zero-order valence-electron chi connectivity index (χ0n) is 9.12. The highest BCUT2D eigenvalue weighted by Gasteiger charge is 2.33. The van der Waals surface area contributed by atoms with E-state index in [0.717, 1.165) is 25.4 Å². The topological polar surface area (TPSA) is 34.1 Å². The van der Waals surface area contributed by atoms with Crippen LogP contribution < -0.4 is 0 Å². The number of carbonyl (C=O) groups excluding carboxylic acids is 2. The molecule has 2 atom stereocenters. The molecule has 1 aliphatic carbocycles. The second kappa shape index (κ2) is 4.07. The van der Waals surface area contributed by atoms with Crippen molar-refractivity contribution in [3.63, 3.8) is 0 Å². The Bertz CT molecular complexity index is 265. The molecule has 78 valence electrons. The van der Waals surface area contributed by atoms with Gasteiger partial charge in [0, 0.05) is 5.57 Å². The Kier molecular flexibility index (Phi) is 3.25. The van der Waals surface area contributed by atoms with Crippen LogP contribution in [0.5, 0.6) is 0 Å². The second-order valence-electron chi connectivity index (χ2n) is 4.72. The normalized spacial score (nSPS) is 32.6. The third kappa shape index (κ3) is 1.94. The predicted octanol–water partition coefficient (Wildman–Crippen LogP) is 2.38. The van der Waals surface area contributed by atoms with E-state index in [1.54, 1.807) is 0 Å². The molecule has 0 heterocycles. The lowest BCUT2D eigenvalue weighted by Gasteiger charge is -2.32. The standard InChI is InChI=1S/C12H18O2/c1-9(2)10-4-5-12(3,8-14)11(6-10)7-13/h6-10H,4-5H2,1-3H3. The minimum Gasteiger partial charge on any atom is -0.302 e. The Hall–Kier alpha value is -0.920. The maximum Gasteiger partial charge on any atom is 0.146 e. The van der Waals surface area contributed by atoms with E-state index in [-0.39, 0.29) is 0 Å². The molecule has 0 N–H and O–H groups in total. The van der Waals surface area contributed by atoms with E-state index >= 15 is 0 Å². The Labute approximate surface area is 85.4 Å². The van der Waals surface area contributed by atoms with Crippen LogP contribution in [0.4, 0.5) is 0 Å². The summed E-state index contributed by atoms with van der Waals surface area (Å²) in [5.74, 6) is 0.990. The van der Waals surface area contributed by atoms with Crippen LogP contribution in [0.1, 0.15) is 33.6 Å². The Morgan fingerprint density at radius 1 is 1.50 bits per heavy atom. The van der Waals surface area contributed by atoms with Gasteiger partial charge in [-0.1, -0.05) is 19.9 Å². The molecule has 0 bridgehead atoms. The molecule has 0 saturated carbocycles. The first-order valence-electron chi connectivity index (χ1n) is 5.17. The van der Waals surface area contributed by atoms with Crippen molar-refractivity contribution in [1.29, 1.82) is 0 Å². The molecule has 0 saturated heterocycles. The highest BCUT2D eigenvalue weighted by atomic mass is 16.1. The van der Waals surface area contributed by atoms with Gasteiger partial charge < -0.3 is 4.79 Å². The summed E-state index contributed by atoms with van der Waals surface area (Å²) in [5.41, 5.74) is 0.130. The SMILES string of the molecule is CC(C)C1C=C(C=O)C(C)(C=O)CC1. The van der Waals surface area contributed by atoms with Crippen molar-refractivity contribution >= 4 is 12.6 Å². The van der Waals surface area contributed by atoms with Gasteiger partial charge in [-0.2, -0.15) is 0 Å². The quantitative estimate of drug-likeness (QED) is 0.646. The summed E-state index contributed by atoms with van der Waals surface area (Å²) in [6.07, 6.45) is 5.52. The zero-order chi connectivity index (χ0) is 10.8. The average molecular weight is 194 g/mol. The van der Waals surface area contributed by atoms with E-state index < -0.39 is 5.41 Å². The van der Waals surface area contributed by atoms with Crippen molar-refractivity contribution < 1.29 is 9.59 Å². The average Bonchev–Trinajstić information content (AvgIpc) is 2.18. The van der Waals surface area contributed by atoms with Gasteiger partial charge in [-0.05, 0) is 31.6 Å². The monoisotopic (exact) mass is 194 g/mol. The second-order valence-corrected chi connectivity index (χ2v) is 4.72. The fourth-order valence-electron chi connectivity index (χ4n) is 1.94.